The van der Waals surface area contributed by atoms with Crippen molar-refractivity contribution in [3.63, 3.8) is 0 Å². The average molecular weight is 315 g/mol. The van der Waals surface area contributed by atoms with E-state index in [0.717, 1.165) is 13.1 Å². The second-order valence-corrected chi connectivity index (χ2v) is 5.69. The molecule has 1 saturated heterocycles. The number of aromatic nitrogens is 5. The van der Waals surface area contributed by atoms with Crippen LogP contribution >= 0.6 is 0 Å². The Hall–Kier alpha value is -2.35. The van der Waals surface area contributed by atoms with E-state index in [2.05, 4.69) is 35.4 Å². The maximum atomic E-state index is 12.3. The molecule has 0 aromatic carbocycles. The minimum Gasteiger partial charge on any atom is -0.347 e. The zero-order chi connectivity index (χ0) is 16.1. The van der Waals surface area contributed by atoms with Crippen LogP contribution in [0.2, 0.25) is 0 Å². The van der Waals surface area contributed by atoms with E-state index in [0.29, 0.717) is 23.9 Å². The number of likely N-dealkylation sites (tertiary alicyclic amines) is 1. The van der Waals surface area contributed by atoms with Crippen molar-refractivity contribution in [3.8, 4) is 11.5 Å². The van der Waals surface area contributed by atoms with Gasteiger partial charge < -0.3 is 5.32 Å². The second-order valence-electron chi connectivity index (χ2n) is 5.69. The number of rotatable bonds is 5. The Morgan fingerprint density at radius 2 is 2.17 bits per heavy atom. The average Bonchev–Trinajstić information content (AvgIpc) is 3.09. The summed E-state index contributed by atoms with van der Waals surface area (Å²) in [6, 6.07) is -0.113. The molecule has 0 bridgehead atoms. The van der Waals surface area contributed by atoms with Gasteiger partial charge in [-0.3, -0.25) is 19.8 Å². The summed E-state index contributed by atoms with van der Waals surface area (Å²) in [4.78, 5) is 26.9. The third kappa shape index (κ3) is 3.89. The van der Waals surface area contributed by atoms with Crippen LogP contribution in [-0.2, 0) is 11.3 Å². The summed E-state index contributed by atoms with van der Waals surface area (Å²) in [5.41, 5.74) is 0.600. The van der Waals surface area contributed by atoms with Crippen molar-refractivity contribution in [2.45, 2.75) is 38.8 Å². The number of hydrogen-bond acceptors (Lipinski definition) is 6. The van der Waals surface area contributed by atoms with Gasteiger partial charge in [-0.15, -0.1) is 0 Å². The van der Waals surface area contributed by atoms with Gasteiger partial charge in [-0.1, -0.05) is 6.42 Å². The first-order valence-corrected chi connectivity index (χ1v) is 7.93. The Labute approximate surface area is 134 Å². The summed E-state index contributed by atoms with van der Waals surface area (Å²) in [7, 11) is 0. The highest BCUT2D eigenvalue weighted by Gasteiger charge is 2.22. The van der Waals surface area contributed by atoms with E-state index in [-0.39, 0.29) is 11.9 Å². The number of piperidine rings is 1. The fraction of sp³-hybridized carbons (Fsp3) is 0.533. The topological polar surface area (TPSA) is 99.7 Å². The summed E-state index contributed by atoms with van der Waals surface area (Å²) >= 11 is 0. The molecular formula is C15H21N7O. The predicted octanol–water partition coefficient (Wildman–Crippen LogP) is 0.752. The number of carbonyl (C=O) groups is 1. The monoisotopic (exact) mass is 315 g/mol. The van der Waals surface area contributed by atoms with Crippen molar-refractivity contribution in [1.29, 1.82) is 0 Å². The number of carbonyl (C=O) groups excluding carboxylic acids is 1. The normalized spacial score (nSPS) is 16.9. The van der Waals surface area contributed by atoms with Gasteiger partial charge in [0, 0.05) is 12.4 Å². The van der Waals surface area contributed by atoms with E-state index in [1.807, 2.05) is 6.92 Å². The molecule has 1 fully saturated rings. The molecule has 0 aliphatic carbocycles. The number of nitrogens with zero attached hydrogens (tertiary/aromatic N) is 5. The van der Waals surface area contributed by atoms with Gasteiger partial charge in [0.25, 0.3) is 0 Å². The maximum absolute atomic E-state index is 12.3. The second kappa shape index (κ2) is 7.28. The Morgan fingerprint density at radius 3 is 2.91 bits per heavy atom. The minimum atomic E-state index is -0.113. The summed E-state index contributed by atoms with van der Waals surface area (Å²) in [6.45, 7) is 4.26. The van der Waals surface area contributed by atoms with Crippen LogP contribution in [0, 0.1) is 0 Å². The third-order valence-corrected chi connectivity index (χ3v) is 4.07. The van der Waals surface area contributed by atoms with E-state index in [1.165, 1.54) is 19.3 Å². The lowest BCUT2D eigenvalue weighted by molar-refractivity contribution is -0.126. The molecule has 2 N–H and O–H groups in total. The number of hydrogen-bond donors (Lipinski definition) is 2. The zero-order valence-corrected chi connectivity index (χ0v) is 13.2. The van der Waals surface area contributed by atoms with Crippen LogP contribution in [0.25, 0.3) is 11.5 Å². The molecule has 23 heavy (non-hydrogen) atoms. The van der Waals surface area contributed by atoms with Crippen molar-refractivity contribution in [3.05, 3.63) is 24.4 Å². The van der Waals surface area contributed by atoms with Gasteiger partial charge in [0.05, 0.1) is 18.8 Å². The molecule has 8 nitrogen and oxygen atoms in total. The zero-order valence-electron chi connectivity index (χ0n) is 13.2. The van der Waals surface area contributed by atoms with E-state index < -0.39 is 0 Å². The number of nitrogens with one attached hydrogen (secondary N) is 2. The molecule has 1 amide bonds. The Balaban J connectivity index is 1.54. The highest BCUT2D eigenvalue weighted by molar-refractivity contribution is 5.81. The molecule has 3 heterocycles. The molecule has 1 aliphatic rings. The lowest BCUT2D eigenvalue weighted by Crippen LogP contribution is -2.47. The summed E-state index contributed by atoms with van der Waals surface area (Å²) in [5, 5.41) is 9.83. The Kier molecular flexibility index (Phi) is 4.92. The fourth-order valence-electron chi connectivity index (χ4n) is 2.69. The summed E-state index contributed by atoms with van der Waals surface area (Å²) in [6.07, 6.45) is 8.38. The van der Waals surface area contributed by atoms with Gasteiger partial charge >= 0.3 is 0 Å². The molecule has 2 aromatic rings. The molecule has 0 spiro atoms. The lowest BCUT2D eigenvalue weighted by atomic mass is 10.1. The van der Waals surface area contributed by atoms with Crippen molar-refractivity contribution in [1.82, 2.24) is 35.4 Å². The van der Waals surface area contributed by atoms with Crippen molar-refractivity contribution in [2.75, 3.05) is 13.1 Å². The van der Waals surface area contributed by atoms with Crippen LogP contribution in [0.1, 0.15) is 32.0 Å². The predicted molar refractivity (Wildman–Crippen MR) is 84.1 cm³/mol. The fourth-order valence-corrected chi connectivity index (χ4v) is 2.69. The standard InChI is InChI=1S/C15H21N7O/c1-11(22-7-3-2-4-8-22)15(23)18-10-13-19-14(21-20-13)12-9-16-5-6-17-12/h5-6,9,11H,2-4,7-8,10H2,1H3,(H,18,23)(H,19,20,21)/t11-/m0/s1. The van der Waals surface area contributed by atoms with Gasteiger partial charge in [-0.2, -0.15) is 5.10 Å². The number of H-pyrrole nitrogens is 1. The third-order valence-electron chi connectivity index (χ3n) is 4.07. The van der Waals surface area contributed by atoms with Gasteiger partial charge in [0.15, 0.2) is 0 Å². The molecule has 0 radical (unpaired) electrons. The quantitative estimate of drug-likeness (QED) is 0.844. The van der Waals surface area contributed by atoms with E-state index >= 15 is 0 Å². The van der Waals surface area contributed by atoms with Gasteiger partial charge in [0.1, 0.15) is 11.5 Å². The lowest BCUT2D eigenvalue weighted by Gasteiger charge is -2.31. The molecule has 122 valence electrons. The smallest absolute Gasteiger partial charge is 0.237 e. The molecule has 0 saturated carbocycles. The first-order valence-electron chi connectivity index (χ1n) is 7.93. The van der Waals surface area contributed by atoms with E-state index in [9.17, 15) is 4.79 Å². The Morgan fingerprint density at radius 1 is 1.35 bits per heavy atom. The molecule has 1 atom stereocenters. The van der Waals surface area contributed by atoms with Crippen molar-refractivity contribution in [2.24, 2.45) is 0 Å². The SMILES string of the molecule is C[C@@H](C(=O)NCc1nc(-c2cnccn2)n[nH]1)N1CCCCC1. The van der Waals surface area contributed by atoms with Crippen LogP contribution in [0.15, 0.2) is 18.6 Å². The van der Waals surface area contributed by atoms with Gasteiger partial charge in [-0.25, -0.2) is 9.97 Å². The van der Waals surface area contributed by atoms with Crippen LogP contribution in [-0.4, -0.2) is 55.1 Å². The first kappa shape index (κ1) is 15.5. The summed E-state index contributed by atoms with van der Waals surface area (Å²) in [5.74, 6) is 1.10. The molecule has 0 unspecified atom stereocenters. The van der Waals surface area contributed by atoms with Crippen LogP contribution in [0.5, 0.6) is 0 Å². The molecular weight excluding hydrogens is 294 g/mol. The minimum absolute atomic E-state index is 0.0179. The highest BCUT2D eigenvalue weighted by atomic mass is 16.2. The van der Waals surface area contributed by atoms with Gasteiger partial charge in [0.2, 0.25) is 11.7 Å². The van der Waals surface area contributed by atoms with E-state index in [4.69, 9.17) is 0 Å². The highest BCUT2D eigenvalue weighted by Crippen LogP contribution is 2.12. The Bertz CT molecular complexity index is 636. The number of amides is 1. The van der Waals surface area contributed by atoms with Crippen LogP contribution in [0.3, 0.4) is 0 Å². The van der Waals surface area contributed by atoms with Crippen molar-refractivity contribution < 1.29 is 4.79 Å². The van der Waals surface area contributed by atoms with Crippen LogP contribution < -0.4 is 5.32 Å². The first-order chi connectivity index (χ1) is 11.2. The molecule has 8 heteroatoms. The molecule has 3 rings (SSSR count). The summed E-state index contributed by atoms with van der Waals surface area (Å²) < 4.78 is 0. The largest absolute Gasteiger partial charge is 0.347 e. The van der Waals surface area contributed by atoms with Crippen molar-refractivity contribution >= 4 is 5.91 Å². The maximum Gasteiger partial charge on any atom is 0.237 e. The van der Waals surface area contributed by atoms with E-state index in [1.54, 1.807) is 18.6 Å². The molecule has 2 aromatic heterocycles. The van der Waals surface area contributed by atoms with Crippen LogP contribution in [0.4, 0.5) is 0 Å². The van der Waals surface area contributed by atoms with Gasteiger partial charge in [-0.05, 0) is 32.9 Å². The molecule has 1 aliphatic heterocycles. The number of aromatic amines is 1.